The van der Waals surface area contributed by atoms with E-state index in [1.165, 1.54) is 12.8 Å². The predicted molar refractivity (Wildman–Crippen MR) is 68.5 cm³/mol. The molecule has 1 aliphatic rings. The SMILES string of the molecule is Cc1ccc(C)c(C(=O)COC2CCCC2)c1. The standard InChI is InChI=1S/C15H20O2/c1-11-7-8-12(2)14(9-11)15(16)10-17-13-5-3-4-6-13/h7-9,13H,3-6,10H2,1-2H3. The van der Waals surface area contributed by atoms with Gasteiger partial charge in [0.2, 0.25) is 0 Å². The summed E-state index contributed by atoms with van der Waals surface area (Å²) in [7, 11) is 0. The number of ketones is 1. The molecule has 0 amide bonds. The van der Waals surface area contributed by atoms with Crippen molar-refractivity contribution in [1.29, 1.82) is 0 Å². The molecule has 0 unspecified atom stereocenters. The van der Waals surface area contributed by atoms with E-state index in [-0.39, 0.29) is 12.4 Å². The molecule has 2 nitrogen and oxygen atoms in total. The maximum absolute atomic E-state index is 12.0. The summed E-state index contributed by atoms with van der Waals surface area (Å²) in [6, 6.07) is 5.98. The van der Waals surface area contributed by atoms with Gasteiger partial charge in [-0.1, -0.05) is 30.5 Å². The third-order valence-electron chi connectivity index (χ3n) is 3.45. The van der Waals surface area contributed by atoms with Gasteiger partial charge in [-0.2, -0.15) is 0 Å². The van der Waals surface area contributed by atoms with Crippen LogP contribution in [0.5, 0.6) is 0 Å². The Hall–Kier alpha value is -1.15. The molecule has 0 radical (unpaired) electrons. The van der Waals surface area contributed by atoms with Gasteiger partial charge in [0.1, 0.15) is 6.61 Å². The molecule has 0 heterocycles. The van der Waals surface area contributed by atoms with Gasteiger partial charge >= 0.3 is 0 Å². The Morgan fingerprint density at radius 2 is 2.00 bits per heavy atom. The molecule has 1 saturated carbocycles. The van der Waals surface area contributed by atoms with Crippen LogP contribution in [0, 0.1) is 13.8 Å². The average Bonchev–Trinajstić information content (AvgIpc) is 2.82. The second-order valence-electron chi connectivity index (χ2n) is 4.96. The number of aryl methyl sites for hydroxylation is 2. The lowest BCUT2D eigenvalue weighted by Crippen LogP contribution is -2.16. The largest absolute Gasteiger partial charge is 0.370 e. The molecule has 0 aliphatic heterocycles. The molecule has 0 spiro atoms. The van der Waals surface area contributed by atoms with Crippen molar-refractivity contribution in [3.05, 3.63) is 34.9 Å². The zero-order valence-electron chi connectivity index (χ0n) is 10.7. The van der Waals surface area contributed by atoms with Crippen molar-refractivity contribution in [2.24, 2.45) is 0 Å². The summed E-state index contributed by atoms with van der Waals surface area (Å²) in [5.41, 5.74) is 2.97. The summed E-state index contributed by atoms with van der Waals surface area (Å²) in [5, 5.41) is 0. The molecule has 0 N–H and O–H groups in total. The first-order valence-electron chi connectivity index (χ1n) is 6.39. The van der Waals surface area contributed by atoms with Crippen molar-refractivity contribution in [2.45, 2.75) is 45.6 Å². The number of carbonyl (C=O) groups excluding carboxylic acids is 1. The molecule has 1 aromatic carbocycles. The van der Waals surface area contributed by atoms with Gasteiger partial charge in [0.25, 0.3) is 0 Å². The fraction of sp³-hybridized carbons (Fsp3) is 0.533. The van der Waals surface area contributed by atoms with Gasteiger partial charge in [0, 0.05) is 5.56 Å². The molecule has 1 aromatic rings. The molecule has 1 fully saturated rings. The highest BCUT2D eigenvalue weighted by Gasteiger charge is 2.17. The lowest BCUT2D eigenvalue weighted by atomic mass is 10.0. The average molecular weight is 232 g/mol. The Morgan fingerprint density at radius 1 is 1.29 bits per heavy atom. The summed E-state index contributed by atoms with van der Waals surface area (Å²) in [5.74, 6) is 0.109. The van der Waals surface area contributed by atoms with E-state index in [1.807, 2.05) is 32.0 Å². The third kappa shape index (κ3) is 3.16. The molecule has 0 atom stereocenters. The van der Waals surface area contributed by atoms with Gasteiger partial charge in [0.15, 0.2) is 5.78 Å². The molecular formula is C15H20O2. The van der Waals surface area contributed by atoms with Crippen molar-refractivity contribution >= 4 is 5.78 Å². The van der Waals surface area contributed by atoms with E-state index in [4.69, 9.17) is 4.74 Å². The van der Waals surface area contributed by atoms with Crippen molar-refractivity contribution < 1.29 is 9.53 Å². The summed E-state index contributed by atoms with van der Waals surface area (Å²) >= 11 is 0. The minimum Gasteiger partial charge on any atom is -0.370 e. The minimum atomic E-state index is 0.109. The van der Waals surface area contributed by atoms with Crippen LogP contribution in [0.2, 0.25) is 0 Å². The van der Waals surface area contributed by atoms with Crippen LogP contribution in [-0.2, 0) is 4.74 Å². The number of benzene rings is 1. The Kier molecular flexibility index (Phi) is 3.95. The first-order chi connectivity index (χ1) is 8.16. The quantitative estimate of drug-likeness (QED) is 0.743. The predicted octanol–water partition coefficient (Wildman–Crippen LogP) is 3.45. The normalized spacial score (nSPS) is 16.4. The molecule has 1 aliphatic carbocycles. The summed E-state index contributed by atoms with van der Waals surface area (Å²) < 4.78 is 5.66. The highest BCUT2D eigenvalue weighted by Crippen LogP contribution is 2.21. The van der Waals surface area contributed by atoms with Gasteiger partial charge < -0.3 is 4.74 Å². The van der Waals surface area contributed by atoms with E-state index in [0.717, 1.165) is 29.5 Å². The van der Waals surface area contributed by atoms with Crippen LogP contribution < -0.4 is 0 Å². The van der Waals surface area contributed by atoms with E-state index in [0.29, 0.717) is 6.10 Å². The van der Waals surface area contributed by atoms with Crippen molar-refractivity contribution in [1.82, 2.24) is 0 Å². The van der Waals surface area contributed by atoms with Crippen LogP contribution in [0.3, 0.4) is 0 Å². The molecule has 2 heteroatoms. The van der Waals surface area contributed by atoms with Crippen LogP contribution >= 0.6 is 0 Å². The summed E-state index contributed by atoms with van der Waals surface area (Å²) in [4.78, 5) is 12.0. The second-order valence-corrected chi connectivity index (χ2v) is 4.96. The smallest absolute Gasteiger partial charge is 0.188 e. The maximum Gasteiger partial charge on any atom is 0.188 e. The lowest BCUT2D eigenvalue weighted by molar-refractivity contribution is 0.0482. The van der Waals surface area contributed by atoms with E-state index in [9.17, 15) is 4.79 Å². The van der Waals surface area contributed by atoms with Gasteiger partial charge in [-0.3, -0.25) is 4.79 Å². The Balaban J connectivity index is 1.96. The van der Waals surface area contributed by atoms with Crippen molar-refractivity contribution in [3.63, 3.8) is 0 Å². The molecular weight excluding hydrogens is 212 g/mol. The van der Waals surface area contributed by atoms with Crippen molar-refractivity contribution in [3.8, 4) is 0 Å². The molecule has 17 heavy (non-hydrogen) atoms. The zero-order chi connectivity index (χ0) is 12.3. The van der Waals surface area contributed by atoms with Gasteiger partial charge in [0.05, 0.1) is 6.10 Å². The zero-order valence-corrected chi connectivity index (χ0v) is 10.7. The van der Waals surface area contributed by atoms with Crippen LogP contribution in [0.15, 0.2) is 18.2 Å². The number of carbonyl (C=O) groups is 1. The second kappa shape index (κ2) is 5.46. The minimum absolute atomic E-state index is 0.109. The first-order valence-corrected chi connectivity index (χ1v) is 6.39. The van der Waals surface area contributed by atoms with Crippen molar-refractivity contribution in [2.75, 3.05) is 6.61 Å². The highest BCUT2D eigenvalue weighted by atomic mass is 16.5. The molecule has 2 rings (SSSR count). The van der Waals surface area contributed by atoms with Crippen LogP contribution in [0.1, 0.15) is 47.2 Å². The van der Waals surface area contributed by atoms with E-state index in [2.05, 4.69) is 0 Å². The Bertz CT molecular complexity index is 403. The molecule has 0 bridgehead atoms. The Morgan fingerprint density at radius 3 is 2.71 bits per heavy atom. The van der Waals surface area contributed by atoms with Crippen LogP contribution in [0.25, 0.3) is 0 Å². The molecule has 0 aromatic heterocycles. The highest BCUT2D eigenvalue weighted by molar-refractivity contribution is 5.98. The fourth-order valence-electron chi connectivity index (χ4n) is 2.36. The number of rotatable bonds is 4. The number of ether oxygens (including phenoxy) is 1. The van der Waals surface area contributed by atoms with Gasteiger partial charge in [-0.05, 0) is 38.3 Å². The maximum atomic E-state index is 12.0. The van der Waals surface area contributed by atoms with E-state index in [1.54, 1.807) is 0 Å². The monoisotopic (exact) mass is 232 g/mol. The Labute approximate surface area is 103 Å². The number of Topliss-reactive ketones (excluding diaryl/α,β-unsaturated/α-hetero) is 1. The fourth-order valence-corrected chi connectivity index (χ4v) is 2.36. The number of hydrogen-bond acceptors (Lipinski definition) is 2. The van der Waals surface area contributed by atoms with Gasteiger partial charge in [-0.25, -0.2) is 0 Å². The lowest BCUT2D eigenvalue weighted by Gasteiger charge is -2.11. The van der Waals surface area contributed by atoms with E-state index < -0.39 is 0 Å². The van der Waals surface area contributed by atoms with E-state index >= 15 is 0 Å². The molecule has 0 saturated heterocycles. The van der Waals surface area contributed by atoms with Crippen LogP contribution in [0.4, 0.5) is 0 Å². The topological polar surface area (TPSA) is 26.3 Å². The van der Waals surface area contributed by atoms with Crippen LogP contribution in [-0.4, -0.2) is 18.5 Å². The third-order valence-corrected chi connectivity index (χ3v) is 3.45. The van der Waals surface area contributed by atoms with Gasteiger partial charge in [-0.15, -0.1) is 0 Å². The summed E-state index contributed by atoms with van der Waals surface area (Å²) in [6.45, 7) is 4.21. The number of hydrogen-bond donors (Lipinski definition) is 0. The summed E-state index contributed by atoms with van der Waals surface area (Å²) in [6.07, 6.45) is 5.01. The molecule has 92 valence electrons. The first kappa shape index (κ1) is 12.3.